The van der Waals surface area contributed by atoms with Gasteiger partial charge in [-0.2, -0.15) is 0 Å². The van der Waals surface area contributed by atoms with Crippen LogP contribution >= 0.6 is 24.0 Å². The van der Waals surface area contributed by atoms with E-state index in [9.17, 15) is 12.8 Å². The number of sulfonamides is 1. The molecule has 0 aromatic heterocycles. The molecule has 0 spiro atoms. The Balaban J connectivity index is 0.00000450. The van der Waals surface area contributed by atoms with Gasteiger partial charge in [0.15, 0.2) is 17.5 Å². The summed E-state index contributed by atoms with van der Waals surface area (Å²) >= 11 is 0. The minimum Gasteiger partial charge on any atom is -0.486 e. The highest BCUT2D eigenvalue weighted by Crippen LogP contribution is 2.16. The number of nitrogens with zero attached hydrogens (tertiary/aromatic N) is 1. The number of benzene rings is 2. The van der Waals surface area contributed by atoms with E-state index in [1.54, 1.807) is 31.3 Å². The summed E-state index contributed by atoms with van der Waals surface area (Å²) in [6.07, 6.45) is -0.277. The summed E-state index contributed by atoms with van der Waals surface area (Å²) in [4.78, 5) is 4.15. The van der Waals surface area contributed by atoms with Crippen LogP contribution in [0.2, 0.25) is 0 Å². The van der Waals surface area contributed by atoms with Crippen LogP contribution in [0.5, 0.6) is 5.75 Å². The van der Waals surface area contributed by atoms with Crippen molar-refractivity contribution in [1.29, 1.82) is 0 Å². The van der Waals surface area contributed by atoms with E-state index in [0.29, 0.717) is 24.6 Å². The maximum atomic E-state index is 13.7. The zero-order valence-electron chi connectivity index (χ0n) is 17.2. The van der Waals surface area contributed by atoms with E-state index in [1.807, 2.05) is 25.1 Å². The van der Waals surface area contributed by atoms with Crippen LogP contribution in [-0.4, -0.2) is 41.1 Å². The van der Waals surface area contributed by atoms with E-state index in [-0.39, 0.29) is 41.6 Å². The predicted octanol–water partition coefficient (Wildman–Crippen LogP) is 2.63. The second-order valence-corrected chi connectivity index (χ2v) is 8.38. The van der Waals surface area contributed by atoms with Crippen LogP contribution in [0.1, 0.15) is 18.1 Å². The third-order valence-corrected chi connectivity index (χ3v) is 5.40. The molecule has 1 unspecified atom stereocenters. The van der Waals surface area contributed by atoms with Crippen molar-refractivity contribution in [2.75, 3.05) is 20.6 Å². The average Bonchev–Trinajstić information content (AvgIpc) is 2.70. The van der Waals surface area contributed by atoms with Crippen LogP contribution in [0, 0.1) is 5.82 Å². The first-order valence-corrected chi connectivity index (χ1v) is 10.8. The molecule has 0 saturated carbocycles. The highest BCUT2D eigenvalue weighted by molar-refractivity contribution is 14.0. The number of para-hydroxylation sites is 1. The summed E-state index contributed by atoms with van der Waals surface area (Å²) in [5.41, 5.74) is 1.63. The molecule has 10 heteroatoms. The number of nitrogens with one attached hydrogen (secondary N) is 3. The standard InChI is InChI=1S/C20H27FN4O3S.HI/c1-15(28-19-10-5-4-9-18(19)21)12-24-20(22-2)25-13-16-7-6-8-17(11-16)14-29(26,27)23-3;/h4-11,15,23H,12-14H2,1-3H3,(H2,22,24,25);1H. The van der Waals surface area contributed by atoms with Gasteiger partial charge in [0.1, 0.15) is 6.10 Å². The molecule has 0 aliphatic rings. The van der Waals surface area contributed by atoms with Crippen molar-refractivity contribution in [1.82, 2.24) is 15.4 Å². The lowest BCUT2D eigenvalue weighted by Gasteiger charge is -2.18. The monoisotopic (exact) mass is 550 g/mol. The maximum absolute atomic E-state index is 13.7. The molecule has 0 radical (unpaired) electrons. The Morgan fingerprint density at radius 1 is 1.13 bits per heavy atom. The molecular formula is C20H28FIN4O3S. The van der Waals surface area contributed by atoms with Crippen molar-refractivity contribution < 1.29 is 17.5 Å². The third kappa shape index (κ3) is 8.84. The SMILES string of the molecule is CN=C(NCc1cccc(CS(=O)(=O)NC)c1)NCC(C)Oc1ccccc1F.I. The van der Waals surface area contributed by atoms with Crippen molar-refractivity contribution in [3.63, 3.8) is 0 Å². The van der Waals surface area contributed by atoms with Crippen molar-refractivity contribution in [3.05, 3.63) is 65.5 Å². The van der Waals surface area contributed by atoms with Crippen LogP contribution in [-0.2, 0) is 22.3 Å². The van der Waals surface area contributed by atoms with Gasteiger partial charge in [0.25, 0.3) is 0 Å². The molecule has 166 valence electrons. The Labute approximate surface area is 194 Å². The number of rotatable bonds is 9. The van der Waals surface area contributed by atoms with Gasteiger partial charge in [0.2, 0.25) is 10.0 Å². The Morgan fingerprint density at radius 2 is 1.83 bits per heavy atom. The second-order valence-electron chi connectivity index (χ2n) is 6.45. The summed E-state index contributed by atoms with van der Waals surface area (Å²) in [6.45, 7) is 2.72. The van der Waals surface area contributed by atoms with Crippen LogP contribution in [0.4, 0.5) is 4.39 Å². The lowest BCUT2D eigenvalue weighted by molar-refractivity contribution is 0.214. The van der Waals surface area contributed by atoms with Gasteiger partial charge in [0.05, 0.1) is 12.3 Å². The number of hydrogen-bond donors (Lipinski definition) is 3. The van der Waals surface area contributed by atoms with Crippen molar-refractivity contribution >= 4 is 40.0 Å². The molecule has 0 heterocycles. The van der Waals surface area contributed by atoms with Crippen molar-refractivity contribution in [3.8, 4) is 5.75 Å². The van der Waals surface area contributed by atoms with Crippen LogP contribution < -0.4 is 20.1 Å². The van der Waals surface area contributed by atoms with Gasteiger partial charge >= 0.3 is 0 Å². The van der Waals surface area contributed by atoms with E-state index < -0.39 is 15.8 Å². The molecule has 1 atom stereocenters. The number of guanidine groups is 1. The number of hydrogen-bond acceptors (Lipinski definition) is 4. The van der Waals surface area contributed by atoms with Crippen LogP contribution in [0.15, 0.2) is 53.5 Å². The zero-order valence-corrected chi connectivity index (χ0v) is 20.3. The lowest BCUT2D eigenvalue weighted by atomic mass is 10.1. The average molecular weight is 550 g/mol. The molecule has 2 rings (SSSR count). The fourth-order valence-electron chi connectivity index (χ4n) is 2.57. The summed E-state index contributed by atoms with van der Waals surface area (Å²) < 4.78 is 45.0. The van der Waals surface area contributed by atoms with Crippen LogP contribution in [0.3, 0.4) is 0 Å². The van der Waals surface area contributed by atoms with Crippen LogP contribution in [0.25, 0.3) is 0 Å². The summed E-state index contributed by atoms with van der Waals surface area (Å²) in [5.74, 6) is 0.289. The molecular weight excluding hydrogens is 522 g/mol. The topological polar surface area (TPSA) is 91.8 Å². The van der Waals surface area contributed by atoms with Gasteiger partial charge < -0.3 is 15.4 Å². The molecule has 30 heavy (non-hydrogen) atoms. The number of aliphatic imine (C=N–C) groups is 1. The Kier molecular flexibility index (Phi) is 11.1. The summed E-state index contributed by atoms with van der Waals surface area (Å²) in [6, 6.07) is 13.6. The van der Waals surface area contributed by atoms with E-state index in [1.165, 1.54) is 13.1 Å². The second kappa shape index (κ2) is 12.7. The fourth-order valence-corrected chi connectivity index (χ4v) is 3.33. The van der Waals surface area contributed by atoms with E-state index in [4.69, 9.17) is 4.74 Å². The molecule has 0 amide bonds. The molecule has 2 aromatic rings. The first-order valence-electron chi connectivity index (χ1n) is 9.17. The molecule has 0 saturated heterocycles. The number of halogens is 2. The first kappa shape index (κ1) is 26.1. The van der Waals surface area contributed by atoms with Gasteiger partial charge in [-0.15, -0.1) is 24.0 Å². The molecule has 0 aliphatic carbocycles. The quantitative estimate of drug-likeness (QED) is 0.254. The molecule has 0 aliphatic heterocycles. The maximum Gasteiger partial charge on any atom is 0.215 e. The summed E-state index contributed by atoms with van der Waals surface area (Å²) in [5, 5.41) is 6.29. The Bertz CT molecular complexity index is 941. The molecule has 0 fully saturated rings. The van der Waals surface area contributed by atoms with Gasteiger partial charge in [-0.25, -0.2) is 17.5 Å². The molecule has 2 aromatic carbocycles. The smallest absolute Gasteiger partial charge is 0.215 e. The van der Waals surface area contributed by atoms with E-state index >= 15 is 0 Å². The Morgan fingerprint density at radius 3 is 2.50 bits per heavy atom. The number of ether oxygens (including phenoxy) is 1. The van der Waals surface area contributed by atoms with Gasteiger partial charge in [0, 0.05) is 13.6 Å². The van der Waals surface area contributed by atoms with Crippen molar-refractivity contribution in [2.24, 2.45) is 4.99 Å². The van der Waals surface area contributed by atoms with Gasteiger partial charge in [-0.3, -0.25) is 4.99 Å². The minimum atomic E-state index is -3.32. The van der Waals surface area contributed by atoms with E-state index in [0.717, 1.165) is 5.56 Å². The molecule has 7 nitrogen and oxygen atoms in total. The molecule has 0 bridgehead atoms. The largest absolute Gasteiger partial charge is 0.486 e. The Hall–Kier alpha value is -1.92. The highest BCUT2D eigenvalue weighted by Gasteiger charge is 2.10. The highest BCUT2D eigenvalue weighted by atomic mass is 127. The normalized spacial score (nSPS) is 12.6. The van der Waals surface area contributed by atoms with Gasteiger partial charge in [-0.05, 0) is 37.2 Å². The molecule has 3 N–H and O–H groups in total. The zero-order chi connectivity index (χ0) is 21.3. The third-order valence-electron chi connectivity index (χ3n) is 4.06. The van der Waals surface area contributed by atoms with Gasteiger partial charge in [-0.1, -0.05) is 36.4 Å². The summed E-state index contributed by atoms with van der Waals surface area (Å²) in [7, 11) is -0.277. The lowest BCUT2D eigenvalue weighted by Crippen LogP contribution is -2.41. The first-order chi connectivity index (χ1) is 13.8. The predicted molar refractivity (Wildman–Crippen MR) is 128 cm³/mol. The fraction of sp³-hybridized carbons (Fsp3) is 0.350. The minimum absolute atomic E-state index is 0. The van der Waals surface area contributed by atoms with Crippen molar-refractivity contribution in [2.45, 2.75) is 25.3 Å². The van der Waals surface area contributed by atoms with E-state index in [2.05, 4.69) is 20.3 Å².